The Hall–Kier alpha value is -2.81. The van der Waals surface area contributed by atoms with E-state index in [-0.39, 0.29) is 11.3 Å². The molecule has 2 saturated heterocycles. The van der Waals surface area contributed by atoms with Crippen molar-refractivity contribution in [1.82, 2.24) is 19.8 Å². The summed E-state index contributed by atoms with van der Waals surface area (Å²) in [5, 5.41) is 11.6. The number of morpholine rings is 1. The third kappa shape index (κ3) is 4.39. The highest BCUT2D eigenvalue weighted by Gasteiger charge is 2.46. The number of amides is 1. The molecule has 0 radical (unpaired) electrons. The van der Waals surface area contributed by atoms with E-state index in [1.165, 1.54) is 11.1 Å². The summed E-state index contributed by atoms with van der Waals surface area (Å²) in [4.78, 5) is 38.3. The smallest absolute Gasteiger partial charge is 0.295 e. The summed E-state index contributed by atoms with van der Waals surface area (Å²) in [6, 6.07) is 6.25. The summed E-state index contributed by atoms with van der Waals surface area (Å²) in [5.74, 6) is -1.10. The van der Waals surface area contributed by atoms with Gasteiger partial charge >= 0.3 is 0 Å². The number of rotatable bonds is 5. The Morgan fingerprint density at radius 2 is 1.97 bits per heavy atom. The number of carbonyl (C=O) groups is 2. The van der Waals surface area contributed by atoms with E-state index in [2.05, 4.69) is 14.9 Å². The summed E-state index contributed by atoms with van der Waals surface area (Å²) < 4.78 is 5.39. The summed E-state index contributed by atoms with van der Waals surface area (Å²) in [6.07, 6.45) is 1.48. The molecule has 4 rings (SSSR count). The van der Waals surface area contributed by atoms with E-state index < -0.39 is 17.7 Å². The number of halogens is 1. The molecule has 32 heavy (non-hydrogen) atoms. The van der Waals surface area contributed by atoms with E-state index in [9.17, 15) is 14.7 Å². The highest BCUT2D eigenvalue weighted by Crippen LogP contribution is 2.40. The second kappa shape index (κ2) is 9.36. The van der Waals surface area contributed by atoms with Gasteiger partial charge in [-0.2, -0.15) is 0 Å². The van der Waals surface area contributed by atoms with Crippen molar-refractivity contribution in [1.29, 1.82) is 0 Å². The Bertz CT molecular complexity index is 1080. The number of Topliss-reactive ketones (excluding diaryl/α,β-unsaturated/α-hetero) is 1. The number of aliphatic hydroxyl groups excluding tert-OH is 1. The van der Waals surface area contributed by atoms with Gasteiger partial charge in [0.15, 0.2) is 0 Å². The lowest BCUT2D eigenvalue weighted by Gasteiger charge is -2.31. The SMILES string of the molecule is Cc1ncc(/C(O)=C2\C(=O)C(=O)N(CCN3CCOCC3)C2c2cccc(Cl)c2)c(C)n1. The number of ketones is 1. The molecule has 0 saturated carbocycles. The zero-order valence-electron chi connectivity index (χ0n) is 18.0. The van der Waals surface area contributed by atoms with E-state index in [4.69, 9.17) is 16.3 Å². The van der Waals surface area contributed by atoms with Gasteiger partial charge in [0.1, 0.15) is 11.6 Å². The third-order valence-electron chi connectivity index (χ3n) is 5.82. The van der Waals surface area contributed by atoms with E-state index >= 15 is 0 Å². The second-order valence-electron chi connectivity index (χ2n) is 7.92. The predicted octanol–water partition coefficient (Wildman–Crippen LogP) is 2.50. The standard InChI is InChI=1S/C23H25ClN4O4/c1-14-18(13-25-15(2)26-14)21(29)19-20(16-4-3-5-17(24)12-16)28(23(31)22(19)30)7-6-27-8-10-32-11-9-27/h3-5,12-13,20,29H,6-11H2,1-2H3/b21-19+. The van der Waals surface area contributed by atoms with Crippen LogP contribution < -0.4 is 0 Å². The third-order valence-corrected chi connectivity index (χ3v) is 6.06. The summed E-state index contributed by atoms with van der Waals surface area (Å²) in [6.45, 7) is 7.23. The molecule has 1 aromatic carbocycles. The fourth-order valence-electron chi connectivity index (χ4n) is 4.17. The minimum absolute atomic E-state index is 0.0230. The number of hydrogen-bond donors (Lipinski definition) is 1. The van der Waals surface area contributed by atoms with Gasteiger partial charge in [0, 0.05) is 37.4 Å². The molecular formula is C23H25ClN4O4. The van der Waals surface area contributed by atoms with Crippen molar-refractivity contribution in [3.63, 3.8) is 0 Å². The maximum atomic E-state index is 13.1. The van der Waals surface area contributed by atoms with Crippen molar-refractivity contribution in [3.8, 4) is 0 Å². The molecule has 1 amide bonds. The zero-order valence-corrected chi connectivity index (χ0v) is 18.8. The van der Waals surface area contributed by atoms with Crippen LogP contribution in [0.1, 0.15) is 28.7 Å². The molecule has 2 aliphatic rings. The zero-order chi connectivity index (χ0) is 22.8. The highest BCUT2D eigenvalue weighted by molar-refractivity contribution is 6.46. The Balaban J connectivity index is 1.77. The number of carbonyl (C=O) groups excluding carboxylic acids is 2. The lowest BCUT2D eigenvalue weighted by molar-refractivity contribution is -0.140. The van der Waals surface area contributed by atoms with Crippen LogP contribution in [0.25, 0.3) is 5.76 Å². The molecule has 1 atom stereocenters. The molecule has 0 bridgehead atoms. The van der Waals surface area contributed by atoms with Gasteiger partial charge < -0.3 is 14.7 Å². The molecule has 2 fully saturated rings. The largest absolute Gasteiger partial charge is 0.507 e. The molecular weight excluding hydrogens is 432 g/mol. The van der Waals surface area contributed by atoms with Crippen LogP contribution in [0, 0.1) is 13.8 Å². The Labute approximate surface area is 191 Å². The molecule has 2 aliphatic heterocycles. The van der Waals surface area contributed by atoms with Crippen LogP contribution in [0.5, 0.6) is 0 Å². The van der Waals surface area contributed by atoms with Gasteiger partial charge in [0.05, 0.1) is 36.1 Å². The maximum Gasteiger partial charge on any atom is 0.295 e. The van der Waals surface area contributed by atoms with Crippen LogP contribution in [0.15, 0.2) is 36.0 Å². The molecule has 3 heterocycles. The van der Waals surface area contributed by atoms with E-state index in [1.807, 2.05) is 0 Å². The molecule has 1 aromatic heterocycles. The number of hydrogen-bond acceptors (Lipinski definition) is 7. The summed E-state index contributed by atoms with van der Waals surface area (Å²) >= 11 is 6.22. The van der Waals surface area contributed by atoms with Gasteiger partial charge in [-0.1, -0.05) is 23.7 Å². The Morgan fingerprint density at radius 3 is 2.66 bits per heavy atom. The van der Waals surface area contributed by atoms with E-state index in [0.29, 0.717) is 54.0 Å². The lowest BCUT2D eigenvalue weighted by Crippen LogP contribution is -2.42. The van der Waals surface area contributed by atoms with Crippen LogP contribution >= 0.6 is 11.6 Å². The van der Waals surface area contributed by atoms with Crippen molar-refractivity contribution in [3.05, 3.63) is 63.7 Å². The number of nitrogens with zero attached hydrogens (tertiary/aromatic N) is 4. The minimum Gasteiger partial charge on any atom is -0.507 e. The van der Waals surface area contributed by atoms with Crippen molar-refractivity contribution in [2.45, 2.75) is 19.9 Å². The van der Waals surface area contributed by atoms with Crippen LogP contribution in [0.4, 0.5) is 0 Å². The summed E-state index contributed by atoms with van der Waals surface area (Å²) in [5.41, 5.74) is 1.54. The van der Waals surface area contributed by atoms with Crippen LogP contribution in [0.2, 0.25) is 5.02 Å². The monoisotopic (exact) mass is 456 g/mol. The maximum absolute atomic E-state index is 13.1. The number of benzene rings is 1. The quantitative estimate of drug-likeness (QED) is 0.419. The molecule has 1 unspecified atom stereocenters. The average molecular weight is 457 g/mol. The molecule has 8 nitrogen and oxygen atoms in total. The second-order valence-corrected chi connectivity index (χ2v) is 8.35. The number of aryl methyl sites for hydroxylation is 2. The summed E-state index contributed by atoms with van der Waals surface area (Å²) in [7, 11) is 0. The van der Waals surface area contributed by atoms with E-state index in [1.54, 1.807) is 38.1 Å². The van der Waals surface area contributed by atoms with Gasteiger partial charge in [0.25, 0.3) is 11.7 Å². The fraction of sp³-hybridized carbons (Fsp3) is 0.391. The first-order valence-corrected chi connectivity index (χ1v) is 10.9. The van der Waals surface area contributed by atoms with E-state index in [0.717, 1.165) is 13.1 Å². The van der Waals surface area contributed by atoms with Crippen molar-refractivity contribution < 1.29 is 19.4 Å². The fourth-order valence-corrected chi connectivity index (χ4v) is 4.37. The minimum atomic E-state index is -0.754. The van der Waals surface area contributed by atoms with Crippen molar-refractivity contribution >= 4 is 29.1 Å². The van der Waals surface area contributed by atoms with Crippen molar-refractivity contribution in [2.75, 3.05) is 39.4 Å². The van der Waals surface area contributed by atoms with Gasteiger partial charge in [-0.15, -0.1) is 0 Å². The van der Waals surface area contributed by atoms with Gasteiger partial charge in [-0.3, -0.25) is 14.5 Å². The lowest BCUT2D eigenvalue weighted by atomic mass is 9.95. The number of ether oxygens (including phenoxy) is 1. The molecule has 0 spiro atoms. The predicted molar refractivity (Wildman–Crippen MR) is 119 cm³/mol. The first kappa shape index (κ1) is 22.4. The first-order chi connectivity index (χ1) is 15.4. The normalized spacial score (nSPS) is 21.3. The molecule has 2 aromatic rings. The topological polar surface area (TPSA) is 95.9 Å². The molecule has 9 heteroatoms. The number of aliphatic hydroxyl groups is 1. The van der Waals surface area contributed by atoms with Gasteiger partial charge in [-0.05, 0) is 31.5 Å². The van der Waals surface area contributed by atoms with Gasteiger partial charge in [-0.25, -0.2) is 9.97 Å². The molecule has 168 valence electrons. The molecule has 0 aliphatic carbocycles. The van der Waals surface area contributed by atoms with Crippen molar-refractivity contribution in [2.24, 2.45) is 0 Å². The van der Waals surface area contributed by atoms with Crippen LogP contribution in [-0.2, 0) is 14.3 Å². The van der Waals surface area contributed by atoms with Gasteiger partial charge in [0.2, 0.25) is 0 Å². The highest BCUT2D eigenvalue weighted by atomic mass is 35.5. The molecule has 1 N–H and O–H groups in total. The van der Waals surface area contributed by atoms with Crippen LogP contribution in [-0.4, -0.2) is 76.0 Å². The Morgan fingerprint density at radius 1 is 1.22 bits per heavy atom. The average Bonchev–Trinajstić information content (AvgIpc) is 3.03. The van der Waals surface area contributed by atoms with Crippen LogP contribution in [0.3, 0.4) is 0 Å². The number of likely N-dealkylation sites (tertiary alicyclic amines) is 1. The first-order valence-electron chi connectivity index (χ1n) is 10.5. The number of aromatic nitrogens is 2. The Kier molecular flexibility index (Phi) is 6.55.